The molecule has 4 aromatic heterocycles. The largest absolute Gasteiger partial charge is 0.456 e. The number of nitrogens with zero attached hydrogens (tertiary/aromatic N) is 4. The Hall–Kier alpha value is -7.54. The van der Waals surface area contributed by atoms with Gasteiger partial charge < -0.3 is 13.4 Å². The molecule has 0 fully saturated rings. The van der Waals surface area contributed by atoms with Gasteiger partial charge in [-0.05, 0) is 71.8 Å². The van der Waals surface area contributed by atoms with Crippen LogP contribution < -0.4 is 0 Å². The second kappa shape index (κ2) is 12.7. The molecule has 12 rings (SSSR count). The first kappa shape index (κ1) is 32.7. The average molecular weight is 765 g/mol. The van der Waals surface area contributed by atoms with Crippen LogP contribution in [0, 0.1) is 0 Å². The predicted octanol–water partition coefficient (Wildman–Crippen LogP) is 14.1. The highest BCUT2D eigenvalue weighted by molar-refractivity contribution is 6.38. The summed E-state index contributed by atoms with van der Waals surface area (Å²) in [6, 6.07) is 59.8. The lowest BCUT2D eigenvalue weighted by Gasteiger charge is -2.12. The van der Waals surface area contributed by atoms with E-state index in [-0.39, 0.29) is 0 Å². The number of halogens is 1. The first-order valence-corrected chi connectivity index (χ1v) is 19.5. The van der Waals surface area contributed by atoms with Gasteiger partial charge in [-0.1, -0.05) is 127 Å². The lowest BCUT2D eigenvalue weighted by Crippen LogP contribution is -2.01. The quantitative estimate of drug-likeness (QED) is 0.174. The minimum atomic E-state index is 0.563. The van der Waals surface area contributed by atoms with Gasteiger partial charge in [0, 0.05) is 54.7 Å². The zero-order valence-electron chi connectivity index (χ0n) is 30.7. The van der Waals surface area contributed by atoms with Crippen LogP contribution in [0.3, 0.4) is 0 Å². The molecule has 0 saturated carbocycles. The van der Waals surface area contributed by atoms with Crippen LogP contribution in [0.2, 0.25) is 5.02 Å². The highest BCUT2D eigenvalue weighted by atomic mass is 35.5. The molecule has 0 amide bonds. The highest BCUT2D eigenvalue weighted by Gasteiger charge is 2.21. The zero-order valence-corrected chi connectivity index (χ0v) is 31.5. The van der Waals surface area contributed by atoms with Crippen molar-refractivity contribution in [1.82, 2.24) is 19.5 Å². The van der Waals surface area contributed by atoms with Gasteiger partial charge in [0.25, 0.3) is 0 Å². The van der Waals surface area contributed by atoms with Crippen molar-refractivity contribution < 1.29 is 8.83 Å². The molecule has 0 spiro atoms. The van der Waals surface area contributed by atoms with E-state index in [2.05, 4.69) is 108 Å². The van der Waals surface area contributed by atoms with Gasteiger partial charge in [-0.15, -0.1) is 0 Å². The molecule has 0 unspecified atom stereocenters. The molecule has 0 atom stereocenters. The molecule has 0 bridgehead atoms. The molecule has 272 valence electrons. The Kier molecular flexibility index (Phi) is 7.18. The van der Waals surface area contributed by atoms with Gasteiger partial charge in [0.05, 0.1) is 16.1 Å². The van der Waals surface area contributed by atoms with E-state index in [9.17, 15) is 0 Å². The fourth-order valence-corrected chi connectivity index (χ4v) is 8.83. The minimum Gasteiger partial charge on any atom is -0.456 e. The maximum absolute atomic E-state index is 6.74. The first-order chi connectivity index (χ1) is 28.7. The fourth-order valence-electron chi connectivity index (χ4n) is 8.57. The summed E-state index contributed by atoms with van der Waals surface area (Å²) in [5.74, 6) is 1.74. The van der Waals surface area contributed by atoms with E-state index >= 15 is 0 Å². The third-order valence-corrected chi connectivity index (χ3v) is 11.4. The number of rotatable bonds is 5. The maximum atomic E-state index is 6.74. The van der Waals surface area contributed by atoms with Crippen molar-refractivity contribution in [2.75, 3.05) is 0 Å². The predicted molar refractivity (Wildman–Crippen MR) is 235 cm³/mol. The van der Waals surface area contributed by atoms with Gasteiger partial charge in [-0.2, -0.15) is 0 Å². The number of aromatic nitrogens is 4. The lowest BCUT2D eigenvalue weighted by molar-refractivity contribution is 0.668. The summed E-state index contributed by atoms with van der Waals surface area (Å²) in [6.07, 6.45) is 0. The average Bonchev–Trinajstić information content (AvgIpc) is 3.96. The molecule has 0 aliphatic rings. The van der Waals surface area contributed by atoms with Crippen molar-refractivity contribution in [3.63, 3.8) is 0 Å². The van der Waals surface area contributed by atoms with Gasteiger partial charge in [0.2, 0.25) is 0 Å². The monoisotopic (exact) mass is 764 g/mol. The number of hydrogen-bond donors (Lipinski definition) is 0. The van der Waals surface area contributed by atoms with Gasteiger partial charge in [0.1, 0.15) is 22.3 Å². The Bertz CT molecular complexity index is 3550. The Morgan fingerprint density at radius 2 is 0.966 bits per heavy atom. The van der Waals surface area contributed by atoms with Gasteiger partial charge >= 0.3 is 0 Å². The molecule has 0 aliphatic heterocycles. The van der Waals surface area contributed by atoms with E-state index in [0.29, 0.717) is 22.5 Å². The van der Waals surface area contributed by atoms with E-state index in [0.717, 1.165) is 88.4 Å². The zero-order chi connectivity index (χ0) is 38.3. The normalized spacial score (nSPS) is 11.9. The van der Waals surface area contributed by atoms with Gasteiger partial charge in [-0.3, -0.25) is 0 Å². The molecular formula is C51H29ClN4O2. The number of furan rings is 2. The third kappa shape index (κ3) is 5.02. The summed E-state index contributed by atoms with van der Waals surface area (Å²) < 4.78 is 15.1. The molecule has 6 nitrogen and oxygen atoms in total. The number of hydrogen-bond acceptors (Lipinski definition) is 5. The molecule has 0 saturated heterocycles. The smallest absolute Gasteiger partial charge is 0.164 e. The molecule has 12 aromatic rings. The molecular weight excluding hydrogens is 736 g/mol. The van der Waals surface area contributed by atoms with Gasteiger partial charge in [-0.25, -0.2) is 15.0 Å². The topological polar surface area (TPSA) is 69.9 Å². The fraction of sp³-hybridized carbons (Fsp3) is 0. The maximum Gasteiger partial charge on any atom is 0.164 e. The molecule has 0 radical (unpaired) electrons. The van der Waals surface area contributed by atoms with E-state index < -0.39 is 0 Å². The second-order valence-electron chi connectivity index (χ2n) is 14.5. The summed E-state index contributed by atoms with van der Waals surface area (Å²) in [6.45, 7) is 0. The molecule has 8 aromatic carbocycles. The number of fused-ring (bicyclic) bond motifs is 9. The molecule has 58 heavy (non-hydrogen) atoms. The van der Waals surface area contributed by atoms with Crippen LogP contribution in [0.4, 0.5) is 0 Å². The van der Waals surface area contributed by atoms with E-state index in [1.807, 2.05) is 72.8 Å². The van der Waals surface area contributed by atoms with E-state index in [1.165, 1.54) is 10.8 Å². The Morgan fingerprint density at radius 3 is 1.74 bits per heavy atom. The van der Waals surface area contributed by atoms with Crippen LogP contribution in [0.25, 0.3) is 117 Å². The second-order valence-corrected chi connectivity index (χ2v) is 14.9. The summed E-state index contributed by atoms with van der Waals surface area (Å²) in [7, 11) is 0. The van der Waals surface area contributed by atoms with Crippen molar-refractivity contribution in [2.24, 2.45) is 0 Å². The molecule has 4 heterocycles. The Balaban J connectivity index is 1.03. The van der Waals surface area contributed by atoms with Crippen LogP contribution in [-0.4, -0.2) is 19.5 Å². The molecule has 0 aliphatic carbocycles. The van der Waals surface area contributed by atoms with E-state index in [4.69, 9.17) is 35.4 Å². The standard InChI is InChI=1S/C51H29ClN4O2/c52-39-20-11-25-44-48(39)47-34(18-9-24-43(47)57-44)31-26-27-37-45(29-31)58-42-23-10-19-38(46(37)42)51-54-49(30-12-2-1-3-13-30)53-50(55-51)32-14-8-15-33(28-32)56-40-21-6-4-16-35(40)36-17-5-7-22-41(36)56/h1-29H. The van der Waals surface area contributed by atoms with Crippen LogP contribution >= 0.6 is 11.6 Å². The van der Waals surface area contributed by atoms with Crippen molar-refractivity contribution in [2.45, 2.75) is 0 Å². The van der Waals surface area contributed by atoms with Crippen LogP contribution in [0.1, 0.15) is 0 Å². The van der Waals surface area contributed by atoms with Crippen molar-refractivity contribution in [3.8, 4) is 51.0 Å². The summed E-state index contributed by atoms with van der Waals surface area (Å²) in [5, 5.41) is 6.86. The van der Waals surface area contributed by atoms with Crippen molar-refractivity contribution in [3.05, 3.63) is 181 Å². The Morgan fingerprint density at radius 1 is 0.379 bits per heavy atom. The lowest BCUT2D eigenvalue weighted by atomic mass is 9.97. The summed E-state index contributed by atoms with van der Waals surface area (Å²) in [5.41, 5.74) is 11.0. The molecule has 0 N–H and O–H groups in total. The van der Waals surface area contributed by atoms with E-state index in [1.54, 1.807) is 0 Å². The molecule has 7 heteroatoms. The van der Waals surface area contributed by atoms with Crippen LogP contribution in [0.15, 0.2) is 185 Å². The van der Waals surface area contributed by atoms with Crippen LogP contribution in [0.5, 0.6) is 0 Å². The minimum absolute atomic E-state index is 0.563. The SMILES string of the molecule is Clc1cccc2oc3cccc(-c4ccc5c(c4)oc4cccc(-c6nc(-c7ccccc7)nc(-c7cccc(-n8c9ccccc9c9ccccc98)c7)n6)c45)c3c12. The Labute approximate surface area is 336 Å². The number of para-hydroxylation sites is 2. The first-order valence-electron chi connectivity index (χ1n) is 19.1. The van der Waals surface area contributed by atoms with Crippen molar-refractivity contribution in [1.29, 1.82) is 0 Å². The number of benzene rings is 8. The van der Waals surface area contributed by atoms with Crippen molar-refractivity contribution >= 4 is 77.3 Å². The van der Waals surface area contributed by atoms with Crippen LogP contribution in [-0.2, 0) is 0 Å². The summed E-state index contributed by atoms with van der Waals surface area (Å²) >= 11 is 6.74. The highest BCUT2D eigenvalue weighted by Crippen LogP contribution is 2.43. The summed E-state index contributed by atoms with van der Waals surface area (Å²) in [4.78, 5) is 15.4. The van der Waals surface area contributed by atoms with Gasteiger partial charge in [0.15, 0.2) is 17.5 Å². The third-order valence-electron chi connectivity index (χ3n) is 11.1.